The highest BCUT2D eigenvalue weighted by Crippen LogP contribution is 2.21. The van der Waals surface area contributed by atoms with Crippen molar-refractivity contribution in [1.82, 2.24) is 15.4 Å². The fourth-order valence-corrected chi connectivity index (χ4v) is 3.94. The number of nitrogens with one attached hydrogen (secondary N) is 1. The third kappa shape index (κ3) is 4.96. The zero-order valence-corrected chi connectivity index (χ0v) is 17.1. The largest absolute Gasteiger partial charge is 0.392 e. The number of aromatic nitrogens is 1. The van der Waals surface area contributed by atoms with Crippen LogP contribution in [0.4, 0.5) is 0 Å². The van der Waals surface area contributed by atoms with E-state index < -0.39 is 6.10 Å². The summed E-state index contributed by atoms with van der Waals surface area (Å²) in [5, 5.41) is 17.0. The lowest BCUT2D eigenvalue weighted by Crippen LogP contribution is -2.43. The lowest BCUT2D eigenvalue weighted by atomic mass is 10.0. The first-order valence-corrected chi connectivity index (χ1v) is 10.3. The van der Waals surface area contributed by atoms with Crippen LogP contribution >= 0.6 is 0 Å². The Balaban J connectivity index is 1.32. The Morgan fingerprint density at radius 3 is 2.60 bits per heavy atom. The number of aliphatic hydroxyl groups excluding tert-OH is 1. The van der Waals surface area contributed by atoms with Crippen molar-refractivity contribution in [2.75, 3.05) is 13.1 Å². The van der Waals surface area contributed by atoms with Crippen LogP contribution in [0.3, 0.4) is 0 Å². The Kier molecular flexibility index (Phi) is 6.26. The summed E-state index contributed by atoms with van der Waals surface area (Å²) in [6, 6.07) is 20.0. The van der Waals surface area contributed by atoms with Crippen LogP contribution in [0.5, 0.6) is 0 Å². The molecule has 2 heterocycles. The zero-order chi connectivity index (χ0) is 20.9. The van der Waals surface area contributed by atoms with Gasteiger partial charge in [-0.2, -0.15) is 0 Å². The number of amides is 1. The minimum atomic E-state index is -0.484. The molecule has 1 amide bonds. The van der Waals surface area contributed by atoms with Crippen molar-refractivity contribution < 1.29 is 14.4 Å². The van der Waals surface area contributed by atoms with E-state index in [0.717, 1.165) is 22.6 Å². The van der Waals surface area contributed by atoms with Gasteiger partial charge >= 0.3 is 0 Å². The number of aryl methyl sites for hydroxylation is 1. The monoisotopic (exact) mass is 405 g/mol. The van der Waals surface area contributed by atoms with Crippen LogP contribution in [0.15, 0.2) is 65.2 Å². The van der Waals surface area contributed by atoms with Gasteiger partial charge in [0.15, 0.2) is 0 Å². The number of aliphatic hydroxyl groups is 1. The van der Waals surface area contributed by atoms with Gasteiger partial charge in [-0.1, -0.05) is 59.8 Å². The summed E-state index contributed by atoms with van der Waals surface area (Å²) in [4.78, 5) is 14.8. The summed E-state index contributed by atoms with van der Waals surface area (Å²) in [7, 11) is 0. The molecule has 2 atom stereocenters. The molecule has 156 valence electrons. The van der Waals surface area contributed by atoms with Crippen LogP contribution < -0.4 is 5.32 Å². The number of likely N-dealkylation sites (tertiary alicyclic amines) is 1. The molecule has 0 bridgehead atoms. The normalized spacial score (nSPS) is 19.1. The highest BCUT2D eigenvalue weighted by atomic mass is 16.5. The van der Waals surface area contributed by atoms with Crippen LogP contribution in [0, 0.1) is 6.92 Å². The van der Waals surface area contributed by atoms with Crippen molar-refractivity contribution in [2.45, 2.75) is 38.5 Å². The van der Waals surface area contributed by atoms with E-state index in [2.05, 4.69) is 34.7 Å². The zero-order valence-electron chi connectivity index (χ0n) is 17.1. The van der Waals surface area contributed by atoms with Crippen LogP contribution in [-0.2, 0) is 17.8 Å². The van der Waals surface area contributed by atoms with Gasteiger partial charge in [0.05, 0.1) is 17.8 Å². The Hall–Kier alpha value is -2.96. The number of β-amino-alcohol motifs (C(OH)–C–C–N with tert-alkyl or cyclic N) is 1. The third-order valence-corrected chi connectivity index (χ3v) is 5.53. The Labute approximate surface area is 176 Å². The minimum Gasteiger partial charge on any atom is -0.392 e. The molecule has 2 N–H and O–H groups in total. The molecular formula is C24H27N3O3. The maximum Gasteiger partial charge on any atom is 0.237 e. The average molecular weight is 405 g/mol. The second kappa shape index (κ2) is 9.24. The Bertz CT molecular complexity index is 969. The van der Waals surface area contributed by atoms with Gasteiger partial charge in [0.2, 0.25) is 5.91 Å². The van der Waals surface area contributed by atoms with Gasteiger partial charge in [-0.3, -0.25) is 9.69 Å². The molecule has 3 aromatic rings. The fraction of sp³-hybridized carbons (Fsp3) is 0.333. The van der Waals surface area contributed by atoms with Gasteiger partial charge in [0, 0.05) is 32.1 Å². The van der Waals surface area contributed by atoms with Gasteiger partial charge in [0.25, 0.3) is 0 Å². The summed E-state index contributed by atoms with van der Waals surface area (Å²) < 4.78 is 5.25. The van der Waals surface area contributed by atoms with Crippen molar-refractivity contribution in [1.29, 1.82) is 0 Å². The van der Waals surface area contributed by atoms with E-state index in [0.29, 0.717) is 32.5 Å². The number of nitrogens with zero attached hydrogens (tertiary/aromatic N) is 2. The second-order valence-corrected chi connectivity index (χ2v) is 7.87. The van der Waals surface area contributed by atoms with E-state index in [1.165, 1.54) is 5.56 Å². The minimum absolute atomic E-state index is 0.0487. The van der Waals surface area contributed by atoms with E-state index in [4.69, 9.17) is 4.52 Å². The molecule has 1 aliphatic heterocycles. The molecule has 0 aliphatic carbocycles. The van der Waals surface area contributed by atoms with Gasteiger partial charge in [-0.05, 0) is 30.0 Å². The molecule has 0 spiro atoms. The first-order valence-electron chi connectivity index (χ1n) is 10.3. The smallest absolute Gasteiger partial charge is 0.237 e. The van der Waals surface area contributed by atoms with Gasteiger partial charge in [-0.25, -0.2) is 0 Å². The standard InChI is InChI=1S/C24H27N3O3/c1-17-13-22(30-26-17)11-12-27-16-21(28)14-23(27)24(29)25-15-18-7-9-20(10-8-18)19-5-3-2-4-6-19/h2-10,13,21,23,28H,11-12,14-16H2,1H3,(H,25,29). The van der Waals surface area contributed by atoms with E-state index in [9.17, 15) is 9.90 Å². The Morgan fingerprint density at radius 2 is 1.90 bits per heavy atom. The molecule has 4 rings (SSSR count). The van der Waals surface area contributed by atoms with Crippen LogP contribution in [0.2, 0.25) is 0 Å². The molecule has 2 unspecified atom stereocenters. The second-order valence-electron chi connectivity index (χ2n) is 7.87. The number of carbonyl (C=O) groups excluding carboxylic acids is 1. The van der Waals surface area contributed by atoms with Crippen LogP contribution in [0.25, 0.3) is 11.1 Å². The lowest BCUT2D eigenvalue weighted by molar-refractivity contribution is -0.125. The maximum atomic E-state index is 12.8. The number of benzene rings is 2. The molecular weight excluding hydrogens is 378 g/mol. The summed E-state index contributed by atoms with van der Waals surface area (Å²) in [6.45, 7) is 3.50. The molecule has 1 fully saturated rings. The van der Waals surface area contributed by atoms with Crippen molar-refractivity contribution >= 4 is 5.91 Å². The van der Waals surface area contributed by atoms with Gasteiger partial charge in [-0.15, -0.1) is 0 Å². The van der Waals surface area contributed by atoms with E-state index in [1.54, 1.807) is 0 Å². The number of hydrogen-bond donors (Lipinski definition) is 2. The average Bonchev–Trinajstić information content (AvgIpc) is 3.36. The van der Waals surface area contributed by atoms with Crippen molar-refractivity contribution in [3.63, 3.8) is 0 Å². The topological polar surface area (TPSA) is 78.6 Å². The third-order valence-electron chi connectivity index (χ3n) is 5.53. The van der Waals surface area contributed by atoms with E-state index in [1.807, 2.05) is 48.2 Å². The van der Waals surface area contributed by atoms with Gasteiger partial charge < -0.3 is 14.9 Å². The summed E-state index contributed by atoms with van der Waals surface area (Å²) >= 11 is 0. The highest BCUT2D eigenvalue weighted by molar-refractivity contribution is 5.82. The number of carbonyl (C=O) groups is 1. The molecule has 6 nitrogen and oxygen atoms in total. The molecule has 0 saturated carbocycles. The first-order chi connectivity index (χ1) is 14.6. The summed E-state index contributed by atoms with van der Waals surface area (Å²) in [5.74, 6) is 0.749. The van der Waals surface area contributed by atoms with Crippen molar-refractivity contribution in [3.8, 4) is 11.1 Å². The predicted octanol–water partition coefficient (Wildman–Crippen LogP) is 2.94. The first kappa shape index (κ1) is 20.3. The molecule has 30 heavy (non-hydrogen) atoms. The molecule has 1 aromatic heterocycles. The molecule has 1 saturated heterocycles. The lowest BCUT2D eigenvalue weighted by Gasteiger charge is -2.22. The van der Waals surface area contributed by atoms with E-state index >= 15 is 0 Å². The summed E-state index contributed by atoms with van der Waals surface area (Å²) in [5.41, 5.74) is 4.22. The number of hydrogen-bond acceptors (Lipinski definition) is 5. The molecule has 6 heteroatoms. The highest BCUT2D eigenvalue weighted by Gasteiger charge is 2.35. The van der Waals surface area contributed by atoms with Crippen molar-refractivity contribution in [3.05, 3.63) is 77.7 Å². The van der Waals surface area contributed by atoms with Crippen molar-refractivity contribution in [2.24, 2.45) is 0 Å². The molecule has 2 aromatic carbocycles. The fourth-order valence-electron chi connectivity index (χ4n) is 3.94. The van der Waals surface area contributed by atoms with E-state index in [-0.39, 0.29) is 11.9 Å². The van der Waals surface area contributed by atoms with Crippen LogP contribution in [0.1, 0.15) is 23.4 Å². The van der Waals surface area contributed by atoms with Crippen LogP contribution in [-0.4, -0.2) is 46.3 Å². The summed E-state index contributed by atoms with van der Waals surface area (Å²) in [6.07, 6.45) is 0.634. The quantitative estimate of drug-likeness (QED) is 0.632. The SMILES string of the molecule is Cc1cc(CCN2CC(O)CC2C(=O)NCc2ccc(-c3ccccc3)cc2)on1. The molecule has 1 aliphatic rings. The predicted molar refractivity (Wildman–Crippen MR) is 115 cm³/mol. The van der Waals surface area contributed by atoms with Gasteiger partial charge in [0.1, 0.15) is 5.76 Å². The Morgan fingerprint density at radius 1 is 1.17 bits per heavy atom. The maximum absolute atomic E-state index is 12.8. The number of rotatable bonds is 7. The molecule has 0 radical (unpaired) electrons.